The first kappa shape index (κ1) is 13.7. The highest BCUT2D eigenvalue weighted by molar-refractivity contribution is 6.07. The quantitative estimate of drug-likeness (QED) is 0.615. The fourth-order valence-electron chi connectivity index (χ4n) is 2.97. The van der Waals surface area contributed by atoms with Crippen molar-refractivity contribution in [3.8, 4) is 0 Å². The van der Waals surface area contributed by atoms with Crippen LogP contribution in [0, 0.1) is 0 Å². The molecule has 0 radical (unpaired) electrons. The SMILES string of the molecule is CC(C)(C(=O)O)n1c2ccccc2c2nc3ccccc3nc21. The van der Waals surface area contributed by atoms with Gasteiger partial charge in [-0.05, 0) is 32.0 Å². The van der Waals surface area contributed by atoms with Crippen molar-refractivity contribution in [3.05, 3.63) is 48.5 Å². The molecule has 0 amide bonds. The Bertz CT molecular complexity index is 1080. The van der Waals surface area contributed by atoms with Gasteiger partial charge >= 0.3 is 5.97 Å². The van der Waals surface area contributed by atoms with E-state index >= 15 is 0 Å². The molecule has 0 fully saturated rings. The Morgan fingerprint density at radius 1 is 1.00 bits per heavy atom. The molecule has 0 saturated heterocycles. The molecular formula is C18H15N3O2. The van der Waals surface area contributed by atoms with Gasteiger partial charge < -0.3 is 9.67 Å². The van der Waals surface area contributed by atoms with Crippen LogP contribution in [-0.4, -0.2) is 25.6 Å². The van der Waals surface area contributed by atoms with Crippen LogP contribution in [0.2, 0.25) is 0 Å². The number of para-hydroxylation sites is 3. The molecule has 0 saturated carbocycles. The minimum absolute atomic E-state index is 0.595. The van der Waals surface area contributed by atoms with Gasteiger partial charge in [0.2, 0.25) is 0 Å². The molecule has 0 unspecified atom stereocenters. The number of carboxylic acid groups (broad SMARTS) is 1. The Morgan fingerprint density at radius 3 is 2.30 bits per heavy atom. The van der Waals surface area contributed by atoms with Gasteiger partial charge in [0.1, 0.15) is 11.1 Å². The van der Waals surface area contributed by atoms with Crippen LogP contribution in [0.25, 0.3) is 33.1 Å². The lowest BCUT2D eigenvalue weighted by Crippen LogP contribution is -2.35. The van der Waals surface area contributed by atoms with E-state index in [1.54, 1.807) is 18.4 Å². The summed E-state index contributed by atoms with van der Waals surface area (Å²) in [5, 5.41) is 10.6. The highest BCUT2D eigenvalue weighted by Crippen LogP contribution is 2.33. The smallest absolute Gasteiger partial charge is 0.329 e. The van der Waals surface area contributed by atoms with Gasteiger partial charge in [-0.15, -0.1) is 0 Å². The zero-order valence-electron chi connectivity index (χ0n) is 12.8. The minimum Gasteiger partial charge on any atom is -0.480 e. The average Bonchev–Trinajstić information content (AvgIpc) is 2.86. The molecule has 4 rings (SSSR count). The topological polar surface area (TPSA) is 68.0 Å². The molecule has 4 aromatic rings. The van der Waals surface area contributed by atoms with Gasteiger partial charge in [0.15, 0.2) is 5.65 Å². The van der Waals surface area contributed by atoms with Crippen molar-refractivity contribution in [3.63, 3.8) is 0 Å². The number of aliphatic carboxylic acids is 1. The van der Waals surface area contributed by atoms with E-state index in [2.05, 4.69) is 0 Å². The van der Waals surface area contributed by atoms with E-state index in [0.29, 0.717) is 5.65 Å². The summed E-state index contributed by atoms with van der Waals surface area (Å²) in [6.45, 7) is 3.36. The van der Waals surface area contributed by atoms with E-state index in [1.165, 1.54) is 0 Å². The van der Waals surface area contributed by atoms with Gasteiger partial charge in [-0.25, -0.2) is 14.8 Å². The summed E-state index contributed by atoms with van der Waals surface area (Å²) in [4.78, 5) is 21.2. The predicted molar refractivity (Wildman–Crippen MR) is 89.5 cm³/mol. The molecule has 5 nitrogen and oxygen atoms in total. The first-order valence-corrected chi connectivity index (χ1v) is 7.40. The molecule has 0 aliphatic heterocycles. The molecule has 2 aromatic heterocycles. The fraction of sp³-hybridized carbons (Fsp3) is 0.167. The molecule has 114 valence electrons. The third kappa shape index (κ3) is 1.83. The third-order valence-electron chi connectivity index (χ3n) is 4.25. The molecule has 0 spiro atoms. The van der Waals surface area contributed by atoms with Gasteiger partial charge in [0.25, 0.3) is 0 Å². The van der Waals surface area contributed by atoms with Crippen LogP contribution in [0.15, 0.2) is 48.5 Å². The van der Waals surface area contributed by atoms with Crippen LogP contribution in [0.5, 0.6) is 0 Å². The predicted octanol–water partition coefficient (Wildman–Crippen LogP) is 3.56. The Kier molecular flexibility index (Phi) is 2.69. The van der Waals surface area contributed by atoms with Gasteiger partial charge in [-0.2, -0.15) is 0 Å². The minimum atomic E-state index is -1.13. The highest BCUT2D eigenvalue weighted by atomic mass is 16.4. The maximum Gasteiger partial charge on any atom is 0.329 e. The number of hydrogen-bond acceptors (Lipinski definition) is 3. The first-order valence-electron chi connectivity index (χ1n) is 7.40. The van der Waals surface area contributed by atoms with E-state index in [4.69, 9.17) is 9.97 Å². The Morgan fingerprint density at radius 2 is 1.61 bits per heavy atom. The second kappa shape index (κ2) is 4.52. The van der Waals surface area contributed by atoms with Crippen molar-refractivity contribution in [2.24, 2.45) is 0 Å². The number of carboxylic acids is 1. The average molecular weight is 305 g/mol. The monoisotopic (exact) mass is 305 g/mol. The fourth-order valence-corrected chi connectivity index (χ4v) is 2.97. The van der Waals surface area contributed by atoms with Crippen LogP contribution in [0.4, 0.5) is 0 Å². The molecule has 0 atom stereocenters. The van der Waals surface area contributed by atoms with Gasteiger partial charge in [0, 0.05) is 5.39 Å². The van der Waals surface area contributed by atoms with Crippen LogP contribution in [0.3, 0.4) is 0 Å². The van der Waals surface area contributed by atoms with Crippen LogP contribution in [0.1, 0.15) is 13.8 Å². The number of nitrogens with zero attached hydrogens (tertiary/aromatic N) is 3. The summed E-state index contributed by atoms with van der Waals surface area (Å²) in [6.07, 6.45) is 0. The van der Waals surface area contributed by atoms with E-state index in [1.807, 2.05) is 48.5 Å². The lowest BCUT2D eigenvalue weighted by Gasteiger charge is -2.23. The van der Waals surface area contributed by atoms with Crippen molar-refractivity contribution >= 4 is 39.1 Å². The summed E-state index contributed by atoms with van der Waals surface area (Å²) in [7, 11) is 0. The van der Waals surface area contributed by atoms with Gasteiger partial charge in [-0.1, -0.05) is 30.3 Å². The zero-order chi connectivity index (χ0) is 16.2. The molecule has 5 heteroatoms. The maximum atomic E-state index is 11.8. The summed E-state index contributed by atoms with van der Waals surface area (Å²) >= 11 is 0. The van der Waals surface area contributed by atoms with Gasteiger partial charge in [-0.3, -0.25) is 0 Å². The number of aromatic nitrogens is 3. The zero-order valence-corrected chi connectivity index (χ0v) is 12.8. The molecule has 1 N–H and O–H groups in total. The van der Waals surface area contributed by atoms with Crippen LogP contribution >= 0.6 is 0 Å². The van der Waals surface area contributed by atoms with Crippen molar-refractivity contribution in [1.82, 2.24) is 14.5 Å². The second-order valence-electron chi connectivity index (χ2n) is 6.10. The number of benzene rings is 2. The highest BCUT2D eigenvalue weighted by Gasteiger charge is 2.33. The lowest BCUT2D eigenvalue weighted by molar-refractivity contribution is -0.145. The number of fused-ring (bicyclic) bond motifs is 4. The summed E-state index contributed by atoms with van der Waals surface area (Å²) in [6, 6.07) is 15.3. The molecule has 0 aliphatic carbocycles. The van der Waals surface area contributed by atoms with E-state index in [0.717, 1.165) is 27.5 Å². The normalized spacial score (nSPS) is 12.3. The molecule has 0 bridgehead atoms. The number of hydrogen-bond donors (Lipinski definition) is 1. The van der Waals surface area contributed by atoms with E-state index in [9.17, 15) is 9.90 Å². The number of rotatable bonds is 2. The van der Waals surface area contributed by atoms with E-state index < -0.39 is 11.5 Å². The number of carbonyl (C=O) groups is 1. The molecule has 2 heterocycles. The van der Waals surface area contributed by atoms with Crippen LogP contribution < -0.4 is 0 Å². The molecule has 23 heavy (non-hydrogen) atoms. The molecule has 0 aliphatic rings. The van der Waals surface area contributed by atoms with Crippen molar-refractivity contribution in [1.29, 1.82) is 0 Å². The van der Waals surface area contributed by atoms with Crippen LogP contribution in [-0.2, 0) is 10.3 Å². The van der Waals surface area contributed by atoms with E-state index in [-0.39, 0.29) is 0 Å². The maximum absolute atomic E-state index is 11.8. The standard InChI is InChI=1S/C18H15N3O2/c1-18(2,17(22)23)21-14-10-6-3-7-11(14)15-16(21)20-13-9-5-4-8-12(13)19-15/h3-10H,1-2H3,(H,22,23). The second-order valence-corrected chi connectivity index (χ2v) is 6.10. The Labute approximate surface area is 132 Å². The lowest BCUT2D eigenvalue weighted by atomic mass is 10.1. The van der Waals surface area contributed by atoms with Crippen molar-refractivity contribution in [2.45, 2.75) is 19.4 Å². The largest absolute Gasteiger partial charge is 0.480 e. The van der Waals surface area contributed by atoms with Crippen molar-refractivity contribution in [2.75, 3.05) is 0 Å². The van der Waals surface area contributed by atoms with Gasteiger partial charge in [0.05, 0.1) is 16.6 Å². The van der Waals surface area contributed by atoms with Crippen molar-refractivity contribution < 1.29 is 9.90 Å². The third-order valence-corrected chi connectivity index (χ3v) is 4.25. The first-order chi connectivity index (χ1) is 11.0. The Balaban J connectivity index is 2.26. The summed E-state index contributed by atoms with van der Waals surface area (Å²) < 4.78 is 1.76. The molecular weight excluding hydrogens is 290 g/mol. The summed E-state index contributed by atoms with van der Waals surface area (Å²) in [5.41, 5.74) is 2.58. The molecule has 2 aromatic carbocycles. The summed E-state index contributed by atoms with van der Waals surface area (Å²) in [5.74, 6) is -0.907. The Hall–Kier alpha value is -2.95.